The Balaban J connectivity index is 2.47. The average molecular weight is 189 g/mol. The van der Waals surface area contributed by atoms with Gasteiger partial charge in [-0.15, -0.1) is 0 Å². The molecule has 0 bridgehead atoms. The average Bonchev–Trinajstić information content (AvgIpc) is 2.47. The van der Waals surface area contributed by atoms with Gasteiger partial charge in [0.05, 0.1) is 5.69 Å². The summed E-state index contributed by atoms with van der Waals surface area (Å²) in [6, 6.07) is 6.23. The number of hydrogen-bond acceptors (Lipinski definition) is 2. The molecular formula is C12H15NO. The third kappa shape index (κ3) is 1.65. The molecule has 74 valence electrons. The van der Waals surface area contributed by atoms with Gasteiger partial charge >= 0.3 is 0 Å². The SMILES string of the molecule is Cc1ccc2c(CC(C)C)noc2c1. The molecule has 0 aliphatic rings. The standard InChI is InChI=1S/C12H15NO/c1-8(2)6-11-10-5-4-9(3)7-12(10)14-13-11/h4-5,7-8H,6H2,1-3H3. The number of nitrogens with zero attached hydrogens (tertiary/aromatic N) is 1. The highest BCUT2D eigenvalue weighted by molar-refractivity contribution is 5.79. The molecule has 0 unspecified atom stereocenters. The lowest BCUT2D eigenvalue weighted by Gasteiger charge is -1.99. The maximum atomic E-state index is 5.28. The fourth-order valence-electron chi connectivity index (χ4n) is 1.63. The molecule has 2 heteroatoms. The van der Waals surface area contributed by atoms with Gasteiger partial charge in [0.25, 0.3) is 0 Å². The molecule has 2 rings (SSSR count). The lowest BCUT2D eigenvalue weighted by molar-refractivity contribution is 0.439. The largest absolute Gasteiger partial charge is 0.356 e. The van der Waals surface area contributed by atoms with Gasteiger partial charge in [-0.3, -0.25) is 0 Å². The van der Waals surface area contributed by atoms with Crippen molar-refractivity contribution in [2.45, 2.75) is 27.2 Å². The summed E-state index contributed by atoms with van der Waals surface area (Å²) in [7, 11) is 0. The van der Waals surface area contributed by atoms with Gasteiger partial charge in [0.1, 0.15) is 0 Å². The predicted octanol–water partition coefficient (Wildman–Crippen LogP) is 3.33. The second-order valence-electron chi connectivity index (χ2n) is 4.23. The lowest BCUT2D eigenvalue weighted by atomic mass is 10.0. The van der Waals surface area contributed by atoms with E-state index in [9.17, 15) is 0 Å². The first-order chi connectivity index (χ1) is 6.66. The molecule has 0 saturated carbocycles. The number of rotatable bonds is 2. The Morgan fingerprint density at radius 2 is 2.14 bits per heavy atom. The van der Waals surface area contributed by atoms with Gasteiger partial charge < -0.3 is 4.52 Å². The Morgan fingerprint density at radius 3 is 2.86 bits per heavy atom. The second kappa shape index (κ2) is 3.45. The fraction of sp³-hybridized carbons (Fsp3) is 0.417. The highest BCUT2D eigenvalue weighted by Crippen LogP contribution is 2.21. The first-order valence-electron chi connectivity index (χ1n) is 5.01. The van der Waals surface area contributed by atoms with Gasteiger partial charge in [-0.25, -0.2) is 0 Å². The van der Waals surface area contributed by atoms with Crippen LogP contribution in [0, 0.1) is 12.8 Å². The van der Waals surface area contributed by atoms with E-state index in [-0.39, 0.29) is 0 Å². The molecule has 0 aliphatic heterocycles. The normalized spacial score (nSPS) is 11.4. The molecule has 1 heterocycles. The van der Waals surface area contributed by atoms with Crippen LogP contribution in [0.2, 0.25) is 0 Å². The zero-order valence-electron chi connectivity index (χ0n) is 8.87. The van der Waals surface area contributed by atoms with Crippen molar-refractivity contribution in [2.75, 3.05) is 0 Å². The second-order valence-corrected chi connectivity index (χ2v) is 4.23. The number of aromatic nitrogens is 1. The minimum Gasteiger partial charge on any atom is -0.356 e. The van der Waals surface area contributed by atoms with Gasteiger partial charge in [0, 0.05) is 5.39 Å². The monoisotopic (exact) mass is 189 g/mol. The molecular weight excluding hydrogens is 174 g/mol. The van der Waals surface area contributed by atoms with Crippen LogP contribution in [-0.4, -0.2) is 5.16 Å². The summed E-state index contributed by atoms with van der Waals surface area (Å²) in [6.07, 6.45) is 0.982. The molecule has 0 saturated heterocycles. The van der Waals surface area contributed by atoms with Gasteiger partial charge in [-0.1, -0.05) is 25.1 Å². The number of fused-ring (bicyclic) bond motifs is 1. The van der Waals surface area contributed by atoms with E-state index < -0.39 is 0 Å². The number of benzene rings is 1. The summed E-state index contributed by atoms with van der Waals surface area (Å²) in [5.74, 6) is 0.615. The van der Waals surface area contributed by atoms with Gasteiger partial charge in [0.2, 0.25) is 0 Å². The van der Waals surface area contributed by atoms with Gasteiger partial charge in [0.15, 0.2) is 5.58 Å². The Kier molecular flexibility index (Phi) is 2.28. The summed E-state index contributed by atoms with van der Waals surface area (Å²) in [5, 5.41) is 5.26. The minimum atomic E-state index is 0.615. The predicted molar refractivity (Wildman–Crippen MR) is 57.3 cm³/mol. The van der Waals surface area contributed by atoms with Gasteiger partial charge in [-0.2, -0.15) is 0 Å². The molecule has 14 heavy (non-hydrogen) atoms. The molecule has 0 spiro atoms. The molecule has 2 nitrogen and oxygen atoms in total. The van der Waals surface area contributed by atoms with Crippen molar-refractivity contribution in [3.05, 3.63) is 29.5 Å². The Hall–Kier alpha value is -1.31. The zero-order chi connectivity index (χ0) is 10.1. The molecule has 2 aromatic rings. The van der Waals surface area contributed by atoms with Crippen molar-refractivity contribution < 1.29 is 4.52 Å². The van der Waals surface area contributed by atoms with Crippen LogP contribution in [0.3, 0.4) is 0 Å². The van der Waals surface area contributed by atoms with Crippen LogP contribution in [-0.2, 0) is 6.42 Å². The van der Waals surface area contributed by atoms with E-state index in [0.29, 0.717) is 5.92 Å². The van der Waals surface area contributed by atoms with E-state index in [1.807, 2.05) is 6.07 Å². The number of hydrogen-bond donors (Lipinski definition) is 0. The van der Waals surface area contributed by atoms with Crippen LogP contribution < -0.4 is 0 Å². The van der Waals surface area contributed by atoms with E-state index >= 15 is 0 Å². The quantitative estimate of drug-likeness (QED) is 0.724. The third-order valence-corrected chi connectivity index (χ3v) is 2.30. The molecule has 0 fully saturated rings. The van der Waals surface area contributed by atoms with Crippen molar-refractivity contribution in [1.29, 1.82) is 0 Å². The first-order valence-corrected chi connectivity index (χ1v) is 5.01. The topological polar surface area (TPSA) is 26.0 Å². The van der Waals surface area contributed by atoms with Crippen LogP contribution in [0.25, 0.3) is 11.0 Å². The Morgan fingerprint density at radius 1 is 1.36 bits per heavy atom. The molecule has 0 radical (unpaired) electrons. The lowest BCUT2D eigenvalue weighted by Crippen LogP contribution is -1.94. The van der Waals surface area contributed by atoms with Crippen LogP contribution in [0.1, 0.15) is 25.1 Å². The van der Waals surface area contributed by atoms with Crippen molar-refractivity contribution in [2.24, 2.45) is 5.92 Å². The Labute approximate surface area is 83.9 Å². The molecule has 1 aromatic carbocycles. The van der Waals surface area contributed by atoms with Crippen LogP contribution in [0.4, 0.5) is 0 Å². The summed E-state index contributed by atoms with van der Waals surface area (Å²) in [4.78, 5) is 0. The van der Waals surface area contributed by atoms with E-state index in [1.54, 1.807) is 0 Å². The van der Waals surface area contributed by atoms with Crippen molar-refractivity contribution in [1.82, 2.24) is 5.16 Å². The minimum absolute atomic E-state index is 0.615. The molecule has 1 aromatic heterocycles. The highest BCUT2D eigenvalue weighted by Gasteiger charge is 2.09. The summed E-state index contributed by atoms with van der Waals surface area (Å²) >= 11 is 0. The molecule has 0 amide bonds. The smallest absolute Gasteiger partial charge is 0.167 e. The summed E-state index contributed by atoms with van der Waals surface area (Å²) in [6.45, 7) is 6.44. The molecule has 0 N–H and O–H groups in total. The maximum absolute atomic E-state index is 5.28. The Bertz CT molecular complexity index is 443. The fourth-order valence-corrected chi connectivity index (χ4v) is 1.63. The third-order valence-electron chi connectivity index (χ3n) is 2.30. The van der Waals surface area contributed by atoms with Crippen molar-refractivity contribution in [3.8, 4) is 0 Å². The molecule has 0 atom stereocenters. The van der Waals surface area contributed by atoms with E-state index in [0.717, 1.165) is 23.1 Å². The first kappa shape index (κ1) is 9.25. The van der Waals surface area contributed by atoms with Crippen LogP contribution in [0.15, 0.2) is 22.7 Å². The van der Waals surface area contributed by atoms with Crippen molar-refractivity contribution in [3.63, 3.8) is 0 Å². The van der Waals surface area contributed by atoms with E-state index in [1.165, 1.54) is 5.56 Å². The van der Waals surface area contributed by atoms with Crippen LogP contribution in [0.5, 0.6) is 0 Å². The summed E-state index contributed by atoms with van der Waals surface area (Å²) in [5.41, 5.74) is 3.19. The number of aryl methyl sites for hydroxylation is 1. The van der Waals surface area contributed by atoms with Gasteiger partial charge in [-0.05, 0) is 37.0 Å². The highest BCUT2D eigenvalue weighted by atomic mass is 16.5. The maximum Gasteiger partial charge on any atom is 0.167 e. The van der Waals surface area contributed by atoms with E-state index in [4.69, 9.17) is 4.52 Å². The van der Waals surface area contributed by atoms with Crippen LogP contribution >= 0.6 is 0 Å². The zero-order valence-corrected chi connectivity index (χ0v) is 8.87. The van der Waals surface area contributed by atoms with E-state index in [2.05, 4.69) is 38.1 Å². The van der Waals surface area contributed by atoms with Crippen molar-refractivity contribution >= 4 is 11.0 Å². The molecule has 0 aliphatic carbocycles. The summed E-state index contributed by atoms with van der Waals surface area (Å²) < 4.78 is 5.28.